The van der Waals surface area contributed by atoms with E-state index in [1.165, 1.54) is 62.7 Å². The van der Waals surface area contributed by atoms with Crippen molar-refractivity contribution in [2.24, 2.45) is 0 Å². The number of aryl methyl sites for hydroxylation is 1. The van der Waals surface area contributed by atoms with E-state index in [1.54, 1.807) is 0 Å². The molecule has 0 bridgehead atoms. The highest BCUT2D eigenvalue weighted by Gasteiger charge is 2.32. The molecule has 0 saturated carbocycles. The first-order valence-electron chi connectivity index (χ1n) is 10.7. The summed E-state index contributed by atoms with van der Waals surface area (Å²) in [5.41, 5.74) is 0.592. The monoisotopic (exact) mass is 493 g/mol. The first kappa shape index (κ1) is 26.1. The molecule has 0 radical (unpaired) electrons. The van der Waals surface area contributed by atoms with Crippen LogP contribution in [-0.4, -0.2) is 25.0 Å². The standard InChI is InChI=1S/C25H24F5N3O2/c1-31-24(34)23(16-5-7-17(26)8-6-16)33-20(19-10-9-18(27)13-21(19)35-2)11-3-15-4-12-22(32-14-15)25(28,29)30/h4-10,12-14,20,23,33H,3,11H2,1-2H3,(H,31,34)/t20-,23+/m1/s1. The van der Waals surface area contributed by atoms with E-state index in [4.69, 9.17) is 4.74 Å². The van der Waals surface area contributed by atoms with Crippen molar-refractivity contribution in [1.29, 1.82) is 0 Å². The van der Waals surface area contributed by atoms with E-state index in [2.05, 4.69) is 15.6 Å². The Morgan fingerprint density at radius 1 is 1.03 bits per heavy atom. The Labute approximate surface area is 199 Å². The lowest BCUT2D eigenvalue weighted by Crippen LogP contribution is -2.38. The maximum atomic E-state index is 13.8. The van der Waals surface area contributed by atoms with Gasteiger partial charge in [0, 0.05) is 30.9 Å². The fourth-order valence-corrected chi connectivity index (χ4v) is 3.68. The van der Waals surface area contributed by atoms with Gasteiger partial charge in [-0.1, -0.05) is 24.3 Å². The second-order valence-corrected chi connectivity index (χ2v) is 7.79. The minimum absolute atomic E-state index is 0.239. The number of amides is 1. The van der Waals surface area contributed by atoms with Crippen LogP contribution < -0.4 is 15.4 Å². The number of rotatable bonds is 9. The number of halogens is 5. The zero-order valence-electron chi connectivity index (χ0n) is 19.0. The lowest BCUT2D eigenvalue weighted by atomic mass is 9.96. The molecule has 5 nitrogen and oxygen atoms in total. The molecule has 0 aliphatic rings. The molecule has 0 aliphatic carbocycles. The zero-order valence-corrected chi connectivity index (χ0v) is 19.0. The van der Waals surface area contributed by atoms with Crippen LogP contribution in [0.1, 0.15) is 40.9 Å². The Hall–Kier alpha value is -3.53. The number of benzene rings is 2. The van der Waals surface area contributed by atoms with Gasteiger partial charge >= 0.3 is 6.18 Å². The van der Waals surface area contributed by atoms with Crippen LogP contribution in [0.3, 0.4) is 0 Å². The van der Waals surface area contributed by atoms with Crippen LogP contribution >= 0.6 is 0 Å². The molecule has 2 aromatic carbocycles. The van der Waals surface area contributed by atoms with Crippen LogP contribution in [-0.2, 0) is 17.4 Å². The molecule has 3 rings (SSSR count). The summed E-state index contributed by atoms with van der Waals surface area (Å²) in [4.78, 5) is 16.2. The van der Waals surface area contributed by atoms with E-state index in [0.717, 1.165) is 12.3 Å². The average Bonchev–Trinajstić information content (AvgIpc) is 2.84. The van der Waals surface area contributed by atoms with Crippen molar-refractivity contribution >= 4 is 5.91 Å². The highest BCUT2D eigenvalue weighted by molar-refractivity contribution is 5.83. The van der Waals surface area contributed by atoms with Gasteiger partial charge in [0.15, 0.2) is 0 Å². The van der Waals surface area contributed by atoms with Gasteiger partial charge in [-0.15, -0.1) is 0 Å². The highest BCUT2D eigenvalue weighted by Crippen LogP contribution is 2.32. The normalized spacial score (nSPS) is 13.2. The summed E-state index contributed by atoms with van der Waals surface area (Å²) in [6, 6.07) is 10.1. The number of methoxy groups -OCH3 is 1. The number of nitrogens with one attached hydrogen (secondary N) is 2. The second-order valence-electron chi connectivity index (χ2n) is 7.79. The Morgan fingerprint density at radius 2 is 1.71 bits per heavy atom. The third-order valence-corrected chi connectivity index (χ3v) is 5.49. The lowest BCUT2D eigenvalue weighted by molar-refractivity contribution is -0.141. The maximum absolute atomic E-state index is 13.8. The van der Waals surface area contributed by atoms with Gasteiger partial charge < -0.3 is 10.1 Å². The number of carbonyl (C=O) groups is 1. The minimum Gasteiger partial charge on any atom is -0.496 e. The summed E-state index contributed by atoms with van der Waals surface area (Å²) >= 11 is 0. The van der Waals surface area contributed by atoms with Crippen LogP contribution in [0.5, 0.6) is 5.75 Å². The third-order valence-electron chi connectivity index (χ3n) is 5.49. The summed E-state index contributed by atoms with van der Waals surface area (Å²) < 4.78 is 71.1. The Bertz CT molecular complexity index is 1140. The van der Waals surface area contributed by atoms with Gasteiger partial charge in [-0.3, -0.25) is 15.1 Å². The fraction of sp³-hybridized carbons (Fsp3) is 0.280. The molecule has 35 heavy (non-hydrogen) atoms. The fourth-order valence-electron chi connectivity index (χ4n) is 3.68. The van der Waals surface area contributed by atoms with Gasteiger partial charge in [-0.05, 0) is 48.2 Å². The number of ether oxygens (including phenoxy) is 1. The van der Waals surface area contributed by atoms with Crippen LogP contribution in [0.15, 0.2) is 60.8 Å². The molecule has 0 unspecified atom stereocenters. The number of aromatic nitrogens is 1. The number of pyridine rings is 1. The molecule has 3 aromatic rings. The Kier molecular flexibility index (Phi) is 8.39. The van der Waals surface area contributed by atoms with Gasteiger partial charge in [0.2, 0.25) is 5.91 Å². The number of likely N-dealkylation sites (N-methyl/N-ethyl adjacent to an activating group) is 1. The number of nitrogens with zero attached hydrogens (tertiary/aromatic N) is 1. The molecular formula is C25H24F5N3O2. The molecule has 0 spiro atoms. The SMILES string of the molecule is CNC(=O)[C@@H](N[C@H](CCc1ccc(C(F)(F)F)nc1)c1ccc(F)cc1OC)c1ccc(F)cc1. The largest absolute Gasteiger partial charge is 0.496 e. The minimum atomic E-state index is -4.54. The highest BCUT2D eigenvalue weighted by atomic mass is 19.4. The molecule has 1 aromatic heterocycles. The molecule has 1 amide bonds. The number of alkyl halides is 3. The van der Waals surface area contributed by atoms with E-state index >= 15 is 0 Å². The van der Waals surface area contributed by atoms with Crippen molar-refractivity contribution in [3.63, 3.8) is 0 Å². The molecule has 0 aliphatic heterocycles. The van der Waals surface area contributed by atoms with Crippen LogP contribution in [0.2, 0.25) is 0 Å². The smallest absolute Gasteiger partial charge is 0.433 e. The van der Waals surface area contributed by atoms with Crippen molar-refractivity contribution in [3.8, 4) is 5.75 Å². The van der Waals surface area contributed by atoms with Crippen molar-refractivity contribution < 1.29 is 31.5 Å². The van der Waals surface area contributed by atoms with Crippen molar-refractivity contribution in [3.05, 3.63) is 94.8 Å². The molecule has 186 valence electrons. The summed E-state index contributed by atoms with van der Waals surface area (Å²) in [5, 5.41) is 5.78. The van der Waals surface area contributed by atoms with Crippen LogP contribution in [0, 0.1) is 11.6 Å². The topological polar surface area (TPSA) is 63.2 Å². The number of hydrogen-bond donors (Lipinski definition) is 2. The number of hydrogen-bond acceptors (Lipinski definition) is 4. The first-order chi connectivity index (χ1) is 16.6. The quantitative estimate of drug-likeness (QED) is 0.406. The van der Waals surface area contributed by atoms with Crippen molar-refractivity contribution in [2.45, 2.75) is 31.1 Å². The number of carbonyl (C=O) groups excluding carboxylic acids is 1. The van der Waals surface area contributed by atoms with E-state index in [1.807, 2.05) is 0 Å². The van der Waals surface area contributed by atoms with E-state index in [9.17, 15) is 26.7 Å². The average molecular weight is 493 g/mol. The lowest BCUT2D eigenvalue weighted by Gasteiger charge is -2.27. The van der Waals surface area contributed by atoms with Crippen molar-refractivity contribution in [2.75, 3.05) is 14.2 Å². The Morgan fingerprint density at radius 3 is 2.29 bits per heavy atom. The van der Waals surface area contributed by atoms with Crippen LogP contribution in [0.4, 0.5) is 22.0 Å². The Balaban J connectivity index is 1.93. The molecule has 2 N–H and O–H groups in total. The third kappa shape index (κ3) is 6.75. The molecule has 0 fully saturated rings. The predicted molar refractivity (Wildman–Crippen MR) is 120 cm³/mol. The molecule has 1 heterocycles. The van der Waals surface area contributed by atoms with Gasteiger partial charge in [0.1, 0.15) is 29.1 Å². The summed E-state index contributed by atoms with van der Waals surface area (Å²) in [6.07, 6.45) is -2.78. The predicted octanol–water partition coefficient (Wildman–Crippen LogP) is 5.14. The van der Waals surface area contributed by atoms with Gasteiger partial charge in [0.25, 0.3) is 0 Å². The van der Waals surface area contributed by atoms with Gasteiger partial charge in [0.05, 0.1) is 7.11 Å². The van der Waals surface area contributed by atoms with E-state index < -0.39 is 35.6 Å². The summed E-state index contributed by atoms with van der Waals surface area (Å²) in [5.74, 6) is -1.13. The van der Waals surface area contributed by atoms with Gasteiger partial charge in [-0.25, -0.2) is 8.78 Å². The molecule has 0 saturated heterocycles. The molecule has 2 atom stereocenters. The van der Waals surface area contributed by atoms with Crippen molar-refractivity contribution in [1.82, 2.24) is 15.6 Å². The van der Waals surface area contributed by atoms with Crippen LogP contribution in [0.25, 0.3) is 0 Å². The zero-order chi connectivity index (χ0) is 25.6. The first-order valence-corrected chi connectivity index (χ1v) is 10.7. The molecular weight excluding hydrogens is 469 g/mol. The van der Waals surface area contributed by atoms with Gasteiger partial charge in [-0.2, -0.15) is 13.2 Å². The van der Waals surface area contributed by atoms with E-state index in [0.29, 0.717) is 29.5 Å². The summed E-state index contributed by atoms with van der Waals surface area (Å²) in [6.45, 7) is 0. The summed E-state index contributed by atoms with van der Waals surface area (Å²) in [7, 11) is 2.84. The second kappa shape index (κ2) is 11.3. The maximum Gasteiger partial charge on any atom is 0.433 e. The molecule has 10 heteroatoms. The van der Waals surface area contributed by atoms with E-state index in [-0.39, 0.29) is 11.7 Å².